The predicted octanol–water partition coefficient (Wildman–Crippen LogP) is 5.61. The summed E-state index contributed by atoms with van der Waals surface area (Å²) in [7, 11) is 1.58. The molecule has 2 aromatic carbocycles. The molecule has 11 nitrogen and oxygen atoms in total. The first-order valence-electron chi connectivity index (χ1n) is 15.7. The smallest absolute Gasteiger partial charge is 0.247 e. The number of amides is 1. The molecule has 4 aliphatic heterocycles. The predicted molar refractivity (Wildman–Crippen MR) is 174 cm³/mol. The van der Waals surface area contributed by atoms with Crippen LogP contribution in [-0.2, 0) is 14.4 Å². The van der Waals surface area contributed by atoms with E-state index in [0.717, 1.165) is 63.3 Å². The van der Waals surface area contributed by atoms with Crippen molar-refractivity contribution >= 4 is 46.2 Å². The maximum atomic E-state index is 14.8. The molecule has 2 bridgehead atoms. The second-order valence-corrected chi connectivity index (χ2v) is 12.5. The van der Waals surface area contributed by atoms with Gasteiger partial charge in [0.2, 0.25) is 5.91 Å². The Morgan fingerprint density at radius 3 is 2.64 bits per heavy atom. The number of piperidine rings is 1. The van der Waals surface area contributed by atoms with Crippen LogP contribution < -0.4 is 25.3 Å². The average molecular weight is 668 g/mol. The van der Waals surface area contributed by atoms with Gasteiger partial charge in [-0.25, -0.2) is 23.8 Å². The lowest BCUT2D eigenvalue weighted by atomic mass is 10.0. The number of rotatable bonds is 9. The lowest BCUT2D eigenvalue weighted by Crippen LogP contribution is -2.49. The van der Waals surface area contributed by atoms with Gasteiger partial charge in [0, 0.05) is 55.8 Å². The molecule has 0 spiro atoms. The SMILES string of the molecule is C=CC(=O)Nc1cc(Nc2cc(N3OCC[C@@H]3c3c(F)ccc(F)c3Cl)ncn2)c(OC)cc1N1CCC(N2C[C@@H]3C[C@H]2CO3)CC1. The monoisotopic (exact) mass is 667 g/mol. The molecule has 4 aliphatic rings. The van der Waals surface area contributed by atoms with Crippen molar-refractivity contribution in [1.29, 1.82) is 0 Å². The van der Waals surface area contributed by atoms with Gasteiger partial charge in [-0.1, -0.05) is 18.2 Å². The zero-order valence-electron chi connectivity index (χ0n) is 25.9. The molecule has 4 saturated heterocycles. The van der Waals surface area contributed by atoms with Crippen LogP contribution in [0, 0.1) is 11.6 Å². The van der Waals surface area contributed by atoms with E-state index in [4.69, 9.17) is 25.9 Å². The van der Waals surface area contributed by atoms with Gasteiger partial charge >= 0.3 is 0 Å². The number of carbonyl (C=O) groups is 1. The Hall–Kier alpha value is -4.04. The highest BCUT2D eigenvalue weighted by atomic mass is 35.5. The Morgan fingerprint density at radius 1 is 1.11 bits per heavy atom. The third-order valence-electron chi connectivity index (χ3n) is 9.44. The zero-order chi connectivity index (χ0) is 32.7. The fourth-order valence-electron chi connectivity index (χ4n) is 7.18. The summed E-state index contributed by atoms with van der Waals surface area (Å²) in [6, 6.07) is 7.71. The van der Waals surface area contributed by atoms with E-state index in [9.17, 15) is 13.6 Å². The lowest BCUT2D eigenvalue weighted by molar-refractivity contribution is -0.111. The van der Waals surface area contributed by atoms with Crippen molar-refractivity contribution in [2.45, 2.75) is 49.9 Å². The van der Waals surface area contributed by atoms with Crippen LogP contribution in [0.4, 0.5) is 37.5 Å². The van der Waals surface area contributed by atoms with E-state index in [1.54, 1.807) is 19.2 Å². The average Bonchev–Trinajstić information content (AvgIpc) is 3.86. The molecule has 0 unspecified atom stereocenters. The summed E-state index contributed by atoms with van der Waals surface area (Å²) in [6.07, 6.45) is 6.46. The third kappa shape index (κ3) is 6.20. The van der Waals surface area contributed by atoms with Crippen molar-refractivity contribution in [1.82, 2.24) is 14.9 Å². The van der Waals surface area contributed by atoms with Crippen LogP contribution in [0.15, 0.2) is 49.3 Å². The van der Waals surface area contributed by atoms with E-state index < -0.39 is 17.7 Å². The lowest BCUT2D eigenvalue weighted by Gasteiger charge is -2.41. The first kappa shape index (κ1) is 31.6. The molecule has 1 amide bonds. The molecule has 4 fully saturated rings. The molecule has 3 atom stereocenters. The Morgan fingerprint density at radius 2 is 1.91 bits per heavy atom. The van der Waals surface area contributed by atoms with Gasteiger partial charge < -0.3 is 25.0 Å². The van der Waals surface area contributed by atoms with Gasteiger partial charge in [-0.05, 0) is 43.5 Å². The fraction of sp³-hybridized carbons (Fsp3) is 0.424. The fourth-order valence-corrected chi connectivity index (χ4v) is 7.45. The number of carbonyl (C=O) groups excluding carboxylic acids is 1. The van der Waals surface area contributed by atoms with Gasteiger partial charge in [0.05, 0.1) is 54.6 Å². The number of nitrogens with zero attached hydrogens (tertiary/aromatic N) is 5. The van der Waals surface area contributed by atoms with Crippen LogP contribution in [0.3, 0.4) is 0 Å². The number of halogens is 3. The molecule has 248 valence electrons. The second-order valence-electron chi connectivity index (χ2n) is 12.1. The van der Waals surface area contributed by atoms with E-state index in [1.807, 2.05) is 6.07 Å². The molecule has 7 rings (SSSR count). The van der Waals surface area contributed by atoms with E-state index in [2.05, 4.69) is 37.0 Å². The van der Waals surface area contributed by atoms with E-state index in [0.29, 0.717) is 53.4 Å². The first-order valence-corrected chi connectivity index (χ1v) is 16.1. The molecule has 47 heavy (non-hydrogen) atoms. The maximum absolute atomic E-state index is 14.8. The largest absolute Gasteiger partial charge is 0.494 e. The normalized spacial score (nSPS) is 22.9. The number of benzene rings is 2. The van der Waals surface area contributed by atoms with Crippen LogP contribution in [0.1, 0.15) is 37.3 Å². The molecule has 3 aromatic rings. The first-order chi connectivity index (χ1) is 22.8. The van der Waals surface area contributed by atoms with Gasteiger partial charge in [0.15, 0.2) is 5.82 Å². The Bertz CT molecular complexity index is 1670. The van der Waals surface area contributed by atoms with E-state index >= 15 is 0 Å². The summed E-state index contributed by atoms with van der Waals surface area (Å²) >= 11 is 6.18. The summed E-state index contributed by atoms with van der Waals surface area (Å²) in [4.78, 5) is 31.9. The zero-order valence-corrected chi connectivity index (χ0v) is 26.7. The van der Waals surface area contributed by atoms with Crippen molar-refractivity contribution < 1.29 is 27.9 Å². The van der Waals surface area contributed by atoms with Crippen molar-refractivity contribution in [3.05, 3.63) is 71.5 Å². The van der Waals surface area contributed by atoms with Gasteiger partial charge in [0.1, 0.15) is 29.5 Å². The van der Waals surface area contributed by atoms with Gasteiger partial charge in [-0.2, -0.15) is 0 Å². The topological polar surface area (TPSA) is 104 Å². The van der Waals surface area contributed by atoms with Crippen LogP contribution in [0.25, 0.3) is 0 Å². The quantitative estimate of drug-likeness (QED) is 0.221. The molecule has 0 saturated carbocycles. The minimum Gasteiger partial charge on any atom is -0.494 e. The van der Waals surface area contributed by atoms with Gasteiger partial charge in [0.25, 0.3) is 0 Å². The molecule has 1 aromatic heterocycles. The van der Waals surface area contributed by atoms with E-state index in [1.165, 1.54) is 17.5 Å². The number of fused-ring (bicyclic) bond motifs is 2. The second kappa shape index (κ2) is 13.2. The summed E-state index contributed by atoms with van der Waals surface area (Å²) in [6.45, 7) is 7.37. The molecule has 2 N–H and O–H groups in total. The summed E-state index contributed by atoms with van der Waals surface area (Å²) in [5, 5.41) is 7.34. The van der Waals surface area contributed by atoms with Crippen LogP contribution >= 0.6 is 11.6 Å². The number of hydrogen-bond acceptors (Lipinski definition) is 10. The Labute approximate surface area is 276 Å². The summed E-state index contributed by atoms with van der Waals surface area (Å²) in [5.74, 6) is -0.447. The summed E-state index contributed by atoms with van der Waals surface area (Å²) < 4.78 is 40.7. The third-order valence-corrected chi connectivity index (χ3v) is 9.82. The maximum Gasteiger partial charge on any atom is 0.247 e. The highest BCUT2D eigenvalue weighted by molar-refractivity contribution is 6.31. The molecule has 0 radical (unpaired) electrons. The highest BCUT2D eigenvalue weighted by Crippen LogP contribution is 2.42. The number of hydroxylamine groups is 1. The molecule has 14 heteroatoms. The van der Waals surface area contributed by atoms with Crippen molar-refractivity contribution in [2.24, 2.45) is 0 Å². The van der Waals surface area contributed by atoms with Crippen molar-refractivity contribution in [2.75, 3.05) is 60.6 Å². The molecule has 5 heterocycles. The number of morpholine rings is 1. The number of methoxy groups -OCH3 is 1. The van der Waals surface area contributed by atoms with Gasteiger partial charge in [-0.3, -0.25) is 14.5 Å². The van der Waals surface area contributed by atoms with Crippen molar-refractivity contribution in [3.63, 3.8) is 0 Å². The number of ether oxygens (including phenoxy) is 2. The van der Waals surface area contributed by atoms with Crippen LogP contribution in [-0.4, -0.2) is 78.9 Å². The summed E-state index contributed by atoms with van der Waals surface area (Å²) in [5.41, 5.74) is 1.99. The minimum atomic E-state index is -0.715. The Balaban J connectivity index is 1.13. The molecular formula is C33H36ClF2N7O4. The number of hydrogen-bond donors (Lipinski definition) is 2. The van der Waals surface area contributed by atoms with Crippen LogP contribution in [0.5, 0.6) is 5.75 Å². The number of anilines is 5. The van der Waals surface area contributed by atoms with E-state index in [-0.39, 0.29) is 23.1 Å². The number of nitrogens with one attached hydrogen (secondary N) is 2. The molecular weight excluding hydrogens is 632 g/mol. The van der Waals surface area contributed by atoms with Gasteiger partial charge in [-0.15, -0.1) is 0 Å². The van der Waals surface area contributed by atoms with Crippen molar-refractivity contribution in [3.8, 4) is 5.75 Å². The minimum absolute atomic E-state index is 0.00265. The standard InChI is InChI=1S/C33H36ClF2N7O4/c1-3-31(44)40-24-13-25(28(45-2)14-27(24)41-9-6-19(7-10-41)42-16-21-12-20(42)17-46-21)39-29-15-30(38-18-37-29)43-26(8-11-47-43)32-22(35)4-5-23(36)33(32)34/h3-5,13-15,18-21,26H,1,6-12,16-17H2,2H3,(H,40,44)(H,37,38,39)/t20-,21-,26+/m0/s1. The number of aromatic nitrogens is 2. The Kier molecular flexibility index (Phi) is 8.88. The highest BCUT2D eigenvalue weighted by Gasteiger charge is 2.43. The number of likely N-dealkylation sites (tertiary alicyclic amines) is 1. The molecule has 0 aliphatic carbocycles. The van der Waals surface area contributed by atoms with Crippen LogP contribution in [0.2, 0.25) is 5.02 Å².